The molecule has 8 heteroatoms. The zero-order valence-corrected chi connectivity index (χ0v) is 27.8. The van der Waals surface area contributed by atoms with E-state index in [1.165, 1.54) is 15.9 Å². The van der Waals surface area contributed by atoms with Gasteiger partial charge in [0.15, 0.2) is 6.10 Å². The second-order valence-corrected chi connectivity index (χ2v) is 16.3. The Hall–Kier alpha value is -4.97. The van der Waals surface area contributed by atoms with Gasteiger partial charge in [0, 0.05) is 11.3 Å². The maximum absolute atomic E-state index is 14.7. The molecule has 2 aliphatic heterocycles. The first-order valence-corrected chi connectivity index (χ1v) is 18.9. The first kappa shape index (κ1) is 31.6. The summed E-state index contributed by atoms with van der Waals surface area (Å²) in [6.45, 7) is 0. The van der Waals surface area contributed by atoms with Gasteiger partial charge in [-0.3, -0.25) is 14.5 Å². The lowest BCUT2D eigenvalue weighted by molar-refractivity contribution is -0.154. The highest BCUT2D eigenvalue weighted by Crippen LogP contribution is 2.58. The molecule has 238 valence electrons. The molecule has 0 radical (unpaired) electrons. The van der Waals surface area contributed by atoms with E-state index in [4.69, 9.17) is 4.74 Å². The molecule has 2 heterocycles. The highest BCUT2D eigenvalue weighted by Gasteiger charge is 2.56. The zero-order chi connectivity index (χ0) is 32.9. The van der Waals surface area contributed by atoms with Crippen molar-refractivity contribution >= 4 is 53.2 Å². The Morgan fingerprint density at radius 1 is 0.750 bits per heavy atom. The van der Waals surface area contributed by atoms with Crippen molar-refractivity contribution in [2.75, 3.05) is 11.9 Å². The van der Waals surface area contributed by atoms with Crippen LogP contribution in [0.25, 0.3) is 0 Å². The van der Waals surface area contributed by atoms with E-state index < -0.39 is 30.8 Å². The summed E-state index contributed by atoms with van der Waals surface area (Å²) >= 11 is 1.57. The van der Waals surface area contributed by atoms with E-state index in [1.54, 1.807) is 16.7 Å². The van der Waals surface area contributed by atoms with E-state index in [9.17, 15) is 14.4 Å². The number of rotatable bonds is 11. The van der Waals surface area contributed by atoms with Crippen LogP contribution in [0, 0.1) is 0 Å². The molecule has 48 heavy (non-hydrogen) atoms. The van der Waals surface area contributed by atoms with Gasteiger partial charge in [-0.15, -0.1) is 11.8 Å². The van der Waals surface area contributed by atoms with E-state index in [-0.39, 0.29) is 11.6 Å². The molecule has 2 atom stereocenters. The predicted octanol–water partition coefficient (Wildman–Crippen LogP) is 5.60. The average molecular weight is 670 g/mol. The van der Waals surface area contributed by atoms with Gasteiger partial charge in [-0.2, -0.15) is 0 Å². The molecule has 5 aromatic carbocycles. The monoisotopic (exact) mass is 669 g/mol. The summed E-state index contributed by atoms with van der Waals surface area (Å²) in [7, 11) is -2.41. The second kappa shape index (κ2) is 14.0. The summed E-state index contributed by atoms with van der Waals surface area (Å²) in [5.41, 5.74) is 2.78. The molecule has 0 spiro atoms. The van der Waals surface area contributed by atoms with Crippen molar-refractivity contribution < 1.29 is 19.1 Å². The third-order valence-electron chi connectivity index (χ3n) is 8.94. The molecule has 6 nitrogen and oxygen atoms in total. The molecule has 1 unspecified atom stereocenters. The summed E-state index contributed by atoms with van der Waals surface area (Å²) in [6.07, 6.45) is 0.403. The number of nitrogens with one attached hydrogen (secondary N) is 1. The second-order valence-electron chi connectivity index (χ2n) is 11.7. The zero-order valence-electron chi connectivity index (χ0n) is 26.1. The van der Waals surface area contributed by atoms with E-state index >= 15 is 0 Å². The fourth-order valence-electron chi connectivity index (χ4n) is 6.69. The first-order chi connectivity index (χ1) is 23.6. The Balaban J connectivity index is 1.40. The molecule has 0 aromatic heterocycles. The highest BCUT2D eigenvalue weighted by molar-refractivity contribution is 8.00. The fourth-order valence-corrected chi connectivity index (χ4v) is 12.5. The van der Waals surface area contributed by atoms with Crippen LogP contribution in [0.15, 0.2) is 163 Å². The minimum atomic E-state index is -2.41. The molecule has 2 aliphatic rings. The molecule has 0 bridgehead atoms. The van der Waals surface area contributed by atoms with E-state index in [2.05, 4.69) is 78.1 Å². The number of hydrogen-bond donors (Lipinski definition) is 1. The van der Waals surface area contributed by atoms with Crippen LogP contribution in [0.3, 0.4) is 0 Å². The Morgan fingerprint density at radius 3 is 1.62 bits per heavy atom. The number of thioether (sulfide) groups is 1. The van der Waals surface area contributed by atoms with E-state index in [0.717, 1.165) is 16.7 Å². The third kappa shape index (κ3) is 5.85. The van der Waals surface area contributed by atoms with Crippen LogP contribution >= 0.6 is 19.0 Å². The SMILES string of the molecule is O=CNC1C(=O)N2C(C(=O)OC(c3ccccc3)c3ccccc3)=C(C[P+](c3ccccc3)(c3ccccc3)c3ccccc3)CS[C@H]12. The number of carbonyl (C=O) groups is 3. The van der Waals surface area contributed by atoms with Crippen molar-refractivity contribution in [1.29, 1.82) is 0 Å². The van der Waals surface area contributed by atoms with E-state index in [1.807, 2.05) is 78.9 Å². The van der Waals surface area contributed by atoms with Crippen LogP contribution in [-0.2, 0) is 19.1 Å². The molecule has 7 rings (SSSR count). The Labute approximate surface area is 285 Å². The first-order valence-electron chi connectivity index (χ1n) is 15.8. The summed E-state index contributed by atoms with van der Waals surface area (Å²) in [6, 6.07) is 50.0. The van der Waals surface area contributed by atoms with Crippen molar-refractivity contribution in [3.63, 3.8) is 0 Å². The number of nitrogens with zero attached hydrogens (tertiary/aromatic N) is 1. The Bertz CT molecular complexity index is 1790. The van der Waals surface area contributed by atoms with Crippen LogP contribution in [0.4, 0.5) is 0 Å². The summed E-state index contributed by atoms with van der Waals surface area (Å²) in [4.78, 5) is 41.4. The van der Waals surface area contributed by atoms with Crippen LogP contribution in [0.2, 0.25) is 0 Å². The lowest BCUT2D eigenvalue weighted by atomic mass is 10.0. The van der Waals surface area contributed by atoms with Crippen molar-refractivity contribution in [1.82, 2.24) is 10.2 Å². The van der Waals surface area contributed by atoms with Gasteiger partial charge in [-0.1, -0.05) is 115 Å². The van der Waals surface area contributed by atoms with Crippen LogP contribution in [0.5, 0.6) is 0 Å². The number of ether oxygens (including phenoxy) is 1. The largest absolute Gasteiger partial charge is 0.448 e. The topological polar surface area (TPSA) is 75.7 Å². The van der Waals surface area contributed by atoms with Crippen LogP contribution < -0.4 is 21.2 Å². The molecule has 0 aliphatic carbocycles. The number of amides is 2. The number of esters is 1. The van der Waals surface area contributed by atoms with Crippen LogP contribution in [0.1, 0.15) is 17.2 Å². The molecule has 1 fully saturated rings. The Kier molecular flexibility index (Phi) is 9.24. The smallest absolute Gasteiger partial charge is 0.356 e. The fraction of sp³-hybridized carbons (Fsp3) is 0.125. The maximum Gasteiger partial charge on any atom is 0.356 e. The highest BCUT2D eigenvalue weighted by atomic mass is 32.2. The number of benzene rings is 5. The minimum Gasteiger partial charge on any atom is -0.448 e. The molecule has 2 amide bonds. The molecular formula is C40H34N2O4PS+. The number of fused-ring (bicyclic) bond motifs is 1. The van der Waals surface area contributed by atoms with Gasteiger partial charge < -0.3 is 10.1 Å². The van der Waals surface area contributed by atoms with Gasteiger partial charge in [0.1, 0.15) is 40.3 Å². The van der Waals surface area contributed by atoms with Gasteiger partial charge in [-0.25, -0.2) is 4.79 Å². The molecular weight excluding hydrogens is 635 g/mol. The van der Waals surface area contributed by atoms with Gasteiger partial charge in [0.05, 0.1) is 6.16 Å². The van der Waals surface area contributed by atoms with Crippen molar-refractivity contribution in [2.24, 2.45) is 0 Å². The van der Waals surface area contributed by atoms with E-state index in [0.29, 0.717) is 18.3 Å². The maximum atomic E-state index is 14.7. The quantitative estimate of drug-likeness (QED) is 0.0859. The van der Waals surface area contributed by atoms with Gasteiger partial charge in [-0.05, 0) is 47.5 Å². The minimum absolute atomic E-state index is 0.275. The standard InChI is InChI=1S/C40H33N2O4PS/c43-28-41-35-38(44)42-36(40(45)46-37(29-16-6-1-7-17-29)30-18-8-2-9-19-30)31(27-48-39(35)42)26-47(32-20-10-3-11-21-32,33-22-12-4-13-23-33)34-24-14-5-15-25-34/h1-25,28,35,37,39H,26-27H2/p+1/t35?,39-/m1/s1. The predicted molar refractivity (Wildman–Crippen MR) is 194 cm³/mol. The molecule has 1 saturated heterocycles. The molecule has 1 N–H and O–H groups in total. The molecule has 5 aromatic rings. The normalized spacial score (nSPS) is 17.4. The summed E-state index contributed by atoms with van der Waals surface area (Å²) in [5.74, 6) is -0.369. The lowest BCUT2D eigenvalue weighted by Gasteiger charge is -2.49. The number of β-lactam (4-membered cyclic amide) rings is 1. The van der Waals surface area contributed by atoms with Gasteiger partial charge >= 0.3 is 5.97 Å². The van der Waals surface area contributed by atoms with Gasteiger partial charge in [0.25, 0.3) is 5.91 Å². The van der Waals surface area contributed by atoms with Crippen molar-refractivity contribution in [3.8, 4) is 0 Å². The molecule has 0 saturated carbocycles. The summed E-state index contributed by atoms with van der Waals surface area (Å²) < 4.78 is 6.44. The van der Waals surface area contributed by atoms with Crippen molar-refractivity contribution in [3.05, 3.63) is 174 Å². The number of carbonyl (C=O) groups excluding carboxylic acids is 3. The van der Waals surface area contributed by atoms with Gasteiger partial charge in [0.2, 0.25) is 6.41 Å². The van der Waals surface area contributed by atoms with Crippen molar-refractivity contribution in [2.45, 2.75) is 17.5 Å². The number of hydrogen-bond acceptors (Lipinski definition) is 5. The third-order valence-corrected chi connectivity index (χ3v) is 14.7. The average Bonchev–Trinajstić information content (AvgIpc) is 3.16. The Morgan fingerprint density at radius 2 is 1.19 bits per heavy atom. The summed E-state index contributed by atoms with van der Waals surface area (Å²) in [5, 5.41) is 5.79. The van der Waals surface area contributed by atoms with Crippen LogP contribution in [-0.4, -0.2) is 46.5 Å². The lowest BCUT2D eigenvalue weighted by Crippen LogP contribution is -2.69.